The van der Waals surface area contributed by atoms with E-state index in [1.807, 2.05) is 71.3 Å². The topological polar surface area (TPSA) is 92.2 Å². The van der Waals surface area contributed by atoms with Crippen molar-refractivity contribution >= 4 is 181 Å². The van der Waals surface area contributed by atoms with Gasteiger partial charge in [-0.3, -0.25) is 19.4 Å². The van der Waals surface area contributed by atoms with Crippen molar-refractivity contribution in [1.29, 1.82) is 0 Å². The van der Waals surface area contributed by atoms with Crippen LogP contribution in [0.15, 0.2) is 143 Å². The Morgan fingerprint density at radius 2 is 0.729 bits per heavy atom. The molecule has 546 valence electrons. The maximum atomic E-state index is 13.7. The molecule has 2 saturated heterocycles. The number of likely N-dealkylation sites (N-methyl/N-ethyl adjacent to an activating group) is 2. The number of hydrogen-bond donors (Lipinski definition) is 0. The Bertz CT molecular complexity index is 5350. The van der Waals surface area contributed by atoms with Crippen LogP contribution in [0.4, 0.5) is 0 Å². The molecule has 0 spiro atoms. The van der Waals surface area contributed by atoms with E-state index in [2.05, 4.69) is 161 Å². The molecule has 16 rings (SSSR count). The predicted molar refractivity (Wildman–Crippen MR) is 470 cm³/mol. The summed E-state index contributed by atoms with van der Waals surface area (Å²) < 4.78 is 24.0. The summed E-state index contributed by atoms with van der Waals surface area (Å²) in [6, 6.07) is 52.8. The van der Waals surface area contributed by atoms with Crippen molar-refractivity contribution in [2.45, 2.75) is 187 Å². The lowest BCUT2D eigenvalue weighted by Gasteiger charge is -2.34. The third-order valence-electron chi connectivity index (χ3n) is 22.4. The Balaban J connectivity index is 0.921. The molecule has 18 heteroatoms. The molecule has 12 aromatic rings. The molecule has 107 heavy (non-hydrogen) atoms. The number of rotatable bonds is 31. The number of hydrogen-bond acceptors (Lipinski definition) is 16. The Hall–Kier alpha value is -6.68. The minimum Gasteiger partial charge on any atom is -0.293 e. The molecular weight excluding hydrogens is 1510 g/mol. The van der Waals surface area contributed by atoms with Gasteiger partial charge >= 0.3 is 0 Å². The van der Waals surface area contributed by atoms with Crippen molar-refractivity contribution < 1.29 is 9.59 Å². The predicted octanol–water partition coefficient (Wildman–Crippen LogP) is 26.6. The Morgan fingerprint density at radius 1 is 0.393 bits per heavy atom. The van der Waals surface area contributed by atoms with Gasteiger partial charge in [0.05, 0.1) is 73.0 Å². The maximum absolute atomic E-state index is 13.7. The van der Waals surface area contributed by atoms with Crippen molar-refractivity contribution in [2.75, 3.05) is 13.1 Å². The van der Waals surface area contributed by atoms with Crippen LogP contribution in [0, 0.1) is 6.92 Å². The van der Waals surface area contributed by atoms with Gasteiger partial charge in [-0.2, -0.15) is 17.5 Å². The number of unbranched alkanes of at least 4 members (excludes halogenated alkanes) is 15. The monoisotopic (exact) mass is 1590 g/mol. The molecule has 4 aliphatic rings. The van der Waals surface area contributed by atoms with Crippen LogP contribution >= 0.6 is 117 Å². The number of fused-ring (bicyclic) bond motifs is 11. The van der Waals surface area contributed by atoms with Gasteiger partial charge in [0.1, 0.15) is 30.7 Å². The molecule has 8 nitrogen and oxygen atoms in total. The standard InChI is InChI=1S/C89H88N6O2S10/c1-7-12-15-18-21-24-27-55-32-42-61(43-33-55)88(60-40-30-54(6)31-41-60)66-52-68(64-48-38-58(74-76(64)92-106-90-74)50-70-84(96)94(10-4)86(98)102-70)100-78(66)80-72(88)82-83(104-80)73-81(105-82)79-67(53-69(101-79)65-49-39-59(75-77(65)93-107-91-75)51-71-85(97)95(11-5)87(99)103-71)89(73,62-44-34-56(35-45-62)28-25-22-19-16-13-8-2)63-46-36-57(37-47-63)29-26-23-20-17-14-9-3/h30-53H,7-29H2,1-6H3/b70-50-,71-51-. The average Bonchev–Trinajstić information content (AvgIpc) is 1.49. The zero-order valence-corrected chi connectivity index (χ0v) is 69.9. The van der Waals surface area contributed by atoms with Crippen LogP contribution < -0.4 is 0 Å². The smallest absolute Gasteiger partial charge is 0.266 e. The fraction of sp³-hybridized carbons (Fsp3) is 0.348. The van der Waals surface area contributed by atoms with Crippen molar-refractivity contribution in [3.63, 3.8) is 0 Å². The van der Waals surface area contributed by atoms with E-state index < -0.39 is 10.8 Å². The first-order valence-electron chi connectivity index (χ1n) is 38.7. The molecule has 2 amide bonds. The van der Waals surface area contributed by atoms with Gasteiger partial charge in [-0.15, -0.1) is 45.3 Å². The lowest BCUT2D eigenvalue weighted by Crippen LogP contribution is -2.29. The lowest BCUT2D eigenvalue weighted by molar-refractivity contribution is -0.122. The summed E-state index contributed by atoms with van der Waals surface area (Å²) in [7, 11) is 0. The van der Waals surface area contributed by atoms with E-state index in [9.17, 15) is 9.59 Å². The van der Waals surface area contributed by atoms with Crippen molar-refractivity contribution in [3.05, 3.63) is 221 Å². The zero-order chi connectivity index (χ0) is 73.5. The third-order valence-corrected chi connectivity index (χ3v) is 31.5. The van der Waals surface area contributed by atoms with E-state index >= 15 is 0 Å². The summed E-state index contributed by atoms with van der Waals surface area (Å²) in [5, 5.41) is 0. The van der Waals surface area contributed by atoms with Gasteiger partial charge in [-0.05, 0) is 134 Å². The zero-order valence-electron chi connectivity index (χ0n) is 61.7. The number of carbonyl (C=O) groups excluding carboxylic acids is 2. The van der Waals surface area contributed by atoms with E-state index in [1.54, 1.807) is 9.80 Å². The van der Waals surface area contributed by atoms with Gasteiger partial charge in [0.25, 0.3) is 11.8 Å². The third kappa shape index (κ3) is 13.6. The number of thioether (sulfide) groups is 2. The number of amides is 2. The molecule has 6 aromatic heterocycles. The molecule has 2 aliphatic carbocycles. The molecule has 8 heterocycles. The first kappa shape index (κ1) is 74.4. The maximum Gasteiger partial charge on any atom is 0.266 e. The normalized spacial score (nSPS) is 16.7. The summed E-state index contributed by atoms with van der Waals surface area (Å²) in [6.07, 6.45) is 29.7. The minimum absolute atomic E-state index is 0.0647. The van der Waals surface area contributed by atoms with E-state index in [-0.39, 0.29) is 11.8 Å². The lowest BCUT2D eigenvalue weighted by atomic mass is 9.67. The summed E-state index contributed by atoms with van der Waals surface area (Å²) in [5.74, 6) is -0.131. The second-order valence-electron chi connectivity index (χ2n) is 29.2. The van der Waals surface area contributed by atoms with Crippen LogP contribution in [-0.2, 0) is 39.7 Å². The SMILES string of the molecule is CCCCCCCCc1ccc(C2(c3ccc(C)cc3)c3cc(-c4ccc(/C=C5\SC(=S)N(CC)C5=O)c5nsnc45)sc3-c3sc4c5c(sc4c32)-c2sc(-c3ccc(/C=C4\SC(=S)N(CC)C4=O)c4nsnc34)cc2C5(c2ccc(CCCCCCCC)cc2)c2ccc(CCCCCCCC)cc2)cc1. The van der Waals surface area contributed by atoms with Crippen LogP contribution in [0.2, 0.25) is 0 Å². The van der Waals surface area contributed by atoms with Gasteiger partial charge in [-0.25, -0.2) is 0 Å². The summed E-state index contributed by atoms with van der Waals surface area (Å²) in [6.45, 7) is 14.1. The van der Waals surface area contributed by atoms with Gasteiger partial charge in [0, 0.05) is 56.2 Å². The molecule has 0 bridgehead atoms. The molecule has 0 N–H and O–H groups in total. The first-order valence-corrected chi connectivity index (χ1v) is 45.9. The summed E-state index contributed by atoms with van der Waals surface area (Å²) in [5.41, 5.74) is 21.4. The summed E-state index contributed by atoms with van der Waals surface area (Å²) in [4.78, 5) is 39.5. The molecule has 1 atom stereocenters. The number of aryl methyl sites for hydroxylation is 4. The highest BCUT2D eigenvalue weighted by atomic mass is 32.2. The minimum atomic E-state index is -0.725. The second-order valence-corrected chi connectivity index (χ2v) is 37.7. The number of thiocarbonyl (C=S) groups is 2. The fourth-order valence-corrected chi connectivity index (χ4v) is 26.6. The largest absolute Gasteiger partial charge is 0.293 e. The van der Waals surface area contributed by atoms with E-state index in [0.29, 0.717) is 31.5 Å². The van der Waals surface area contributed by atoms with Gasteiger partial charge in [0.2, 0.25) is 0 Å². The van der Waals surface area contributed by atoms with Crippen molar-refractivity contribution in [2.24, 2.45) is 0 Å². The van der Waals surface area contributed by atoms with Crippen molar-refractivity contribution in [1.82, 2.24) is 27.3 Å². The average molecular weight is 1590 g/mol. The first-order chi connectivity index (χ1) is 52.4. The number of carbonyl (C=O) groups is 2. The van der Waals surface area contributed by atoms with Crippen LogP contribution in [0.5, 0.6) is 0 Å². The van der Waals surface area contributed by atoms with E-state index in [4.69, 9.17) is 41.9 Å². The molecule has 2 fully saturated rings. The van der Waals surface area contributed by atoms with Crippen LogP contribution in [-0.4, -0.2) is 60.8 Å². The van der Waals surface area contributed by atoms with E-state index in [0.717, 1.165) is 73.3 Å². The Kier molecular flexibility index (Phi) is 22.5. The second kappa shape index (κ2) is 32.3. The van der Waals surface area contributed by atoms with Crippen molar-refractivity contribution in [3.8, 4) is 40.4 Å². The van der Waals surface area contributed by atoms with Crippen LogP contribution in [0.25, 0.3) is 84.0 Å². The molecular formula is C89H88N6O2S10. The molecule has 6 aromatic carbocycles. The molecule has 0 radical (unpaired) electrons. The van der Waals surface area contributed by atoms with Gasteiger partial charge < -0.3 is 0 Å². The highest BCUT2D eigenvalue weighted by molar-refractivity contribution is 8.27. The number of thiophene rings is 4. The molecule has 2 aliphatic heterocycles. The fourth-order valence-electron chi connectivity index (χ4n) is 16.8. The highest BCUT2D eigenvalue weighted by Gasteiger charge is 2.55. The Labute approximate surface area is 673 Å². The number of nitrogens with zero attached hydrogens (tertiary/aromatic N) is 6. The number of aromatic nitrogens is 4. The van der Waals surface area contributed by atoms with Gasteiger partial charge in [-0.1, -0.05) is 292 Å². The van der Waals surface area contributed by atoms with Crippen LogP contribution in [0.1, 0.15) is 228 Å². The Morgan fingerprint density at radius 3 is 1.07 bits per heavy atom. The summed E-state index contributed by atoms with van der Waals surface area (Å²) >= 11 is 24.3. The molecule has 1 unspecified atom stereocenters. The quantitative estimate of drug-likeness (QED) is 0.0238. The number of benzene rings is 6. The van der Waals surface area contributed by atoms with E-state index in [1.165, 1.54) is 258 Å². The molecule has 0 saturated carbocycles. The highest BCUT2D eigenvalue weighted by Crippen LogP contribution is 2.71. The van der Waals surface area contributed by atoms with Crippen LogP contribution in [0.3, 0.4) is 0 Å². The van der Waals surface area contributed by atoms with Gasteiger partial charge in [0.15, 0.2) is 0 Å².